The van der Waals surface area contributed by atoms with E-state index in [1.54, 1.807) is 12.4 Å². The zero-order chi connectivity index (χ0) is 14.0. The Morgan fingerprint density at radius 2 is 1.95 bits per heavy atom. The summed E-state index contributed by atoms with van der Waals surface area (Å²) in [5.74, 6) is 0. The first-order valence-electron chi connectivity index (χ1n) is 7.74. The van der Waals surface area contributed by atoms with Crippen molar-refractivity contribution in [2.45, 2.75) is 56.3 Å². The molecule has 0 aromatic carbocycles. The summed E-state index contributed by atoms with van der Waals surface area (Å²) in [6.45, 7) is 1.71. The standard InChI is InChI=1S/C16H24N2O2/c19-15-6-2-1-5-14(15)18-10-7-16(20,8-11-18)13-4-3-9-17-12-13/h3-4,9,12,14-15,19-20H,1-2,5-8,10-11H2/t14-,15+/m1/s1. The molecule has 1 aromatic heterocycles. The lowest BCUT2D eigenvalue weighted by molar-refractivity contribution is -0.0607. The third-order valence-corrected chi connectivity index (χ3v) is 4.99. The first-order valence-corrected chi connectivity index (χ1v) is 7.74. The van der Waals surface area contributed by atoms with Crippen LogP contribution in [-0.4, -0.2) is 45.3 Å². The third kappa shape index (κ3) is 2.73. The summed E-state index contributed by atoms with van der Waals surface area (Å²) in [6.07, 6.45) is 9.14. The Bertz CT molecular complexity index is 429. The van der Waals surface area contributed by atoms with Crippen LogP contribution in [-0.2, 0) is 5.60 Å². The van der Waals surface area contributed by atoms with E-state index in [0.29, 0.717) is 6.04 Å². The number of piperidine rings is 1. The van der Waals surface area contributed by atoms with Crippen LogP contribution in [0.4, 0.5) is 0 Å². The minimum atomic E-state index is -0.746. The number of likely N-dealkylation sites (tertiary alicyclic amines) is 1. The van der Waals surface area contributed by atoms with E-state index in [1.165, 1.54) is 6.42 Å². The molecule has 1 aliphatic carbocycles. The predicted octanol–water partition coefficient (Wildman–Crippen LogP) is 1.67. The molecule has 0 amide bonds. The number of hydrogen-bond acceptors (Lipinski definition) is 4. The molecule has 1 aromatic rings. The fourth-order valence-corrected chi connectivity index (χ4v) is 3.67. The van der Waals surface area contributed by atoms with Crippen molar-refractivity contribution in [2.75, 3.05) is 13.1 Å². The van der Waals surface area contributed by atoms with Gasteiger partial charge in [-0.3, -0.25) is 9.88 Å². The normalized spacial score (nSPS) is 31.1. The average molecular weight is 276 g/mol. The van der Waals surface area contributed by atoms with Crippen LogP contribution in [0.25, 0.3) is 0 Å². The number of aliphatic hydroxyl groups excluding tert-OH is 1. The lowest BCUT2D eigenvalue weighted by atomic mass is 9.83. The highest BCUT2D eigenvalue weighted by atomic mass is 16.3. The van der Waals surface area contributed by atoms with Gasteiger partial charge in [0.05, 0.1) is 11.7 Å². The largest absolute Gasteiger partial charge is 0.391 e. The maximum Gasteiger partial charge on any atom is 0.0935 e. The molecule has 110 valence electrons. The van der Waals surface area contributed by atoms with Crippen molar-refractivity contribution in [1.29, 1.82) is 0 Å². The van der Waals surface area contributed by atoms with Crippen LogP contribution in [0.1, 0.15) is 44.1 Å². The van der Waals surface area contributed by atoms with Crippen LogP contribution in [0.2, 0.25) is 0 Å². The van der Waals surface area contributed by atoms with E-state index in [-0.39, 0.29) is 6.10 Å². The van der Waals surface area contributed by atoms with Crippen LogP contribution in [0, 0.1) is 0 Å². The molecule has 0 radical (unpaired) electrons. The summed E-state index contributed by atoms with van der Waals surface area (Å²) >= 11 is 0. The molecule has 2 N–H and O–H groups in total. The lowest BCUT2D eigenvalue weighted by Gasteiger charge is -2.44. The molecule has 1 saturated heterocycles. The van der Waals surface area contributed by atoms with E-state index in [1.807, 2.05) is 12.1 Å². The smallest absolute Gasteiger partial charge is 0.0935 e. The molecule has 3 rings (SSSR count). The second-order valence-electron chi connectivity index (χ2n) is 6.23. The van der Waals surface area contributed by atoms with Gasteiger partial charge in [0, 0.05) is 37.1 Å². The average Bonchev–Trinajstić information content (AvgIpc) is 2.50. The summed E-state index contributed by atoms with van der Waals surface area (Å²) in [5, 5.41) is 20.9. The number of aliphatic hydroxyl groups is 2. The molecule has 2 aliphatic rings. The molecule has 0 bridgehead atoms. The summed E-state index contributed by atoms with van der Waals surface area (Å²) in [5.41, 5.74) is 0.175. The van der Waals surface area contributed by atoms with Crippen molar-refractivity contribution < 1.29 is 10.2 Å². The van der Waals surface area contributed by atoms with Gasteiger partial charge in [0.25, 0.3) is 0 Å². The van der Waals surface area contributed by atoms with Crippen molar-refractivity contribution >= 4 is 0 Å². The zero-order valence-corrected chi connectivity index (χ0v) is 11.9. The Kier molecular flexibility index (Phi) is 4.06. The number of pyridine rings is 1. The molecule has 2 heterocycles. The SMILES string of the molecule is O[C@H]1CCCC[C@H]1N1CCC(O)(c2cccnc2)CC1. The number of hydrogen-bond donors (Lipinski definition) is 2. The number of nitrogens with zero attached hydrogens (tertiary/aromatic N) is 2. The van der Waals surface area contributed by atoms with Crippen LogP contribution in [0.15, 0.2) is 24.5 Å². The van der Waals surface area contributed by atoms with Crippen molar-refractivity contribution in [3.8, 4) is 0 Å². The van der Waals surface area contributed by atoms with Gasteiger partial charge in [-0.25, -0.2) is 0 Å². The molecular formula is C16H24N2O2. The van der Waals surface area contributed by atoms with Gasteiger partial charge in [-0.2, -0.15) is 0 Å². The van der Waals surface area contributed by atoms with Gasteiger partial charge in [-0.1, -0.05) is 18.9 Å². The minimum Gasteiger partial charge on any atom is -0.391 e. The van der Waals surface area contributed by atoms with E-state index >= 15 is 0 Å². The van der Waals surface area contributed by atoms with Crippen molar-refractivity contribution in [3.05, 3.63) is 30.1 Å². The molecule has 1 aliphatic heterocycles. The highest BCUT2D eigenvalue weighted by molar-refractivity contribution is 5.19. The van der Waals surface area contributed by atoms with E-state index < -0.39 is 5.60 Å². The quantitative estimate of drug-likeness (QED) is 0.862. The highest BCUT2D eigenvalue weighted by Gasteiger charge is 2.38. The molecular weight excluding hydrogens is 252 g/mol. The lowest BCUT2D eigenvalue weighted by Crippen LogP contribution is -2.51. The zero-order valence-electron chi connectivity index (χ0n) is 11.9. The topological polar surface area (TPSA) is 56.6 Å². The van der Waals surface area contributed by atoms with Crippen LogP contribution in [0.3, 0.4) is 0 Å². The molecule has 2 fully saturated rings. The summed E-state index contributed by atoms with van der Waals surface area (Å²) < 4.78 is 0. The molecule has 0 spiro atoms. The molecule has 20 heavy (non-hydrogen) atoms. The molecule has 0 unspecified atom stereocenters. The Morgan fingerprint density at radius 1 is 1.20 bits per heavy atom. The molecule has 4 heteroatoms. The van der Waals surface area contributed by atoms with E-state index in [4.69, 9.17) is 0 Å². The van der Waals surface area contributed by atoms with Gasteiger partial charge < -0.3 is 10.2 Å². The van der Waals surface area contributed by atoms with Crippen molar-refractivity contribution in [3.63, 3.8) is 0 Å². The van der Waals surface area contributed by atoms with Gasteiger partial charge in [-0.05, 0) is 31.7 Å². The monoisotopic (exact) mass is 276 g/mol. The molecule has 2 atom stereocenters. The van der Waals surface area contributed by atoms with Gasteiger partial charge in [-0.15, -0.1) is 0 Å². The molecule has 4 nitrogen and oxygen atoms in total. The maximum absolute atomic E-state index is 10.8. The van der Waals surface area contributed by atoms with Gasteiger partial charge in [0.2, 0.25) is 0 Å². The van der Waals surface area contributed by atoms with E-state index in [9.17, 15) is 10.2 Å². The summed E-state index contributed by atoms with van der Waals surface area (Å²) in [7, 11) is 0. The maximum atomic E-state index is 10.8. The van der Waals surface area contributed by atoms with E-state index in [0.717, 1.165) is 50.8 Å². The Hall–Kier alpha value is -0.970. The van der Waals surface area contributed by atoms with E-state index in [2.05, 4.69) is 9.88 Å². The minimum absolute atomic E-state index is 0.187. The van der Waals surface area contributed by atoms with Gasteiger partial charge >= 0.3 is 0 Å². The van der Waals surface area contributed by atoms with Gasteiger partial charge in [0.1, 0.15) is 0 Å². The van der Waals surface area contributed by atoms with Crippen molar-refractivity contribution in [2.24, 2.45) is 0 Å². The Labute approximate surface area is 120 Å². The van der Waals surface area contributed by atoms with Crippen LogP contribution in [0.5, 0.6) is 0 Å². The fourth-order valence-electron chi connectivity index (χ4n) is 3.67. The highest BCUT2D eigenvalue weighted by Crippen LogP contribution is 2.35. The third-order valence-electron chi connectivity index (χ3n) is 4.99. The fraction of sp³-hybridized carbons (Fsp3) is 0.688. The number of aromatic nitrogens is 1. The number of rotatable bonds is 2. The Morgan fingerprint density at radius 3 is 2.60 bits per heavy atom. The molecule has 1 saturated carbocycles. The Balaban J connectivity index is 1.64. The first-order chi connectivity index (χ1) is 9.69. The first kappa shape index (κ1) is 14.0. The van der Waals surface area contributed by atoms with Gasteiger partial charge in [0.15, 0.2) is 0 Å². The predicted molar refractivity (Wildman–Crippen MR) is 77.2 cm³/mol. The van der Waals surface area contributed by atoms with Crippen molar-refractivity contribution in [1.82, 2.24) is 9.88 Å². The second kappa shape index (κ2) is 5.80. The summed E-state index contributed by atoms with van der Waals surface area (Å²) in [6, 6.07) is 4.13. The van der Waals surface area contributed by atoms with Crippen LogP contribution < -0.4 is 0 Å². The van der Waals surface area contributed by atoms with Crippen LogP contribution >= 0.6 is 0 Å². The second-order valence-corrected chi connectivity index (χ2v) is 6.23. The summed E-state index contributed by atoms with van der Waals surface area (Å²) in [4.78, 5) is 6.48.